The fraction of sp³-hybridized carbons (Fsp3) is 0.500. The smallest absolute Gasteiger partial charge is 0.110 e. The topological polar surface area (TPSA) is 21.8 Å². The number of ether oxygens (including phenoxy) is 2. The molecule has 2 aliphatic rings. The molecule has 1 saturated carbocycles. The molecule has 1 aliphatic heterocycles. The fourth-order valence-electron chi connectivity index (χ4n) is 2.16. The van der Waals surface area contributed by atoms with Crippen molar-refractivity contribution in [2.75, 3.05) is 0 Å². The highest BCUT2D eigenvalue weighted by Crippen LogP contribution is 2.40. The van der Waals surface area contributed by atoms with Crippen LogP contribution in [0, 0.1) is 0 Å². The Balaban J connectivity index is 1.54. The average Bonchev–Trinajstić information content (AvgIpc) is 2.92. The third-order valence-electron chi connectivity index (χ3n) is 3.03. The van der Waals surface area contributed by atoms with Gasteiger partial charge < -0.3 is 9.47 Å². The Morgan fingerprint density at radius 2 is 2.07 bits per heavy atom. The molecule has 1 heterocycles. The van der Waals surface area contributed by atoms with E-state index in [0.717, 1.165) is 6.61 Å². The van der Waals surface area contributed by atoms with Gasteiger partial charge in [0.2, 0.25) is 0 Å². The van der Waals surface area contributed by atoms with E-state index in [2.05, 4.69) is 12.1 Å². The first-order chi connectivity index (χ1) is 6.93. The van der Waals surface area contributed by atoms with Crippen LogP contribution in [-0.2, 0) is 16.1 Å². The second-order valence-corrected chi connectivity index (χ2v) is 4.05. The minimum absolute atomic E-state index is 0.347. The molecule has 0 aromatic heterocycles. The van der Waals surface area contributed by atoms with Gasteiger partial charge in [-0.1, -0.05) is 30.3 Å². The Hall–Kier alpha value is -0.860. The number of rotatable bonds is 3. The van der Waals surface area contributed by atoms with Crippen LogP contribution in [0.1, 0.15) is 18.4 Å². The van der Waals surface area contributed by atoms with Crippen LogP contribution >= 0.6 is 0 Å². The summed E-state index contributed by atoms with van der Waals surface area (Å²) in [5, 5.41) is 0. The van der Waals surface area contributed by atoms with Crippen molar-refractivity contribution in [3.63, 3.8) is 0 Å². The van der Waals surface area contributed by atoms with Gasteiger partial charge >= 0.3 is 0 Å². The van der Waals surface area contributed by atoms with E-state index in [-0.39, 0.29) is 0 Å². The zero-order valence-electron chi connectivity index (χ0n) is 8.06. The van der Waals surface area contributed by atoms with Crippen LogP contribution in [0.25, 0.3) is 0 Å². The summed E-state index contributed by atoms with van der Waals surface area (Å²) in [5.74, 6) is 0. The highest BCUT2D eigenvalue weighted by Gasteiger charge is 2.50. The molecule has 1 aromatic carbocycles. The third kappa shape index (κ3) is 1.56. The monoisotopic (exact) mass is 190 g/mol. The maximum absolute atomic E-state index is 5.82. The first kappa shape index (κ1) is 8.45. The Morgan fingerprint density at radius 3 is 2.71 bits per heavy atom. The molecule has 0 amide bonds. The molecule has 2 nitrogen and oxygen atoms in total. The van der Waals surface area contributed by atoms with Gasteiger partial charge in [0, 0.05) is 0 Å². The Bertz CT molecular complexity index is 309. The first-order valence-corrected chi connectivity index (χ1v) is 5.24. The van der Waals surface area contributed by atoms with Gasteiger partial charge in [0.25, 0.3) is 0 Å². The SMILES string of the molecule is c1ccc(COC2CC[C@@H]3O[C@@H]23)cc1. The molecule has 3 rings (SSSR count). The normalized spacial score (nSPS) is 34.1. The summed E-state index contributed by atoms with van der Waals surface area (Å²) in [6.45, 7) is 0.720. The van der Waals surface area contributed by atoms with Gasteiger partial charge in [-0.2, -0.15) is 0 Å². The van der Waals surface area contributed by atoms with Gasteiger partial charge in [0.1, 0.15) is 6.10 Å². The molecule has 3 atom stereocenters. The van der Waals surface area contributed by atoms with Crippen molar-refractivity contribution in [3.05, 3.63) is 35.9 Å². The molecule has 0 N–H and O–H groups in total. The minimum atomic E-state index is 0.347. The molecule has 2 fully saturated rings. The molecule has 1 aliphatic carbocycles. The van der Waals surface area contributed by atoms with Crippen molar-refractivity contribution in [2.24, 2.45) is 0 Å². The lowest BCUT2D eigenvalue weighted by atomic mass is 10.2. The number of hydrogen-bond acceptors (Lipinski definition) is 2. The average molecular weight is 190 g/mol. The van der Waals surface area contributed by atoms with E-state index in [1.807, 2.05) is 18.2 Å². The second-order valence-electron chi connectivity index (χ2n) is 4.05. The predicted octanol–water partition coefficient (Wildman–Crippen LogP) is 2.13. The number of benzene rings is 1. The zero-order valence-corrected chi connectivity index (χ0v) is 8.06. The number of hydrogen-bond donors (Lipinski definition) is 0. The third-order valence-corrected chi connectivity index (χ3v) is 3.03. The Morgan fingerprint density at radius 1 is 1.21 bits per heavy atom. The molecule has 1 saturated heterocycles. The van der Waals surface area contributed by atoms with Crippen LogP contribution in [-0.4, -0.2) is 18.3 Å². The highest BCUT2D eigenvalue weighted by atomic mass is 16.6. The zero-order chi connectivity index (χ0) is 9.38. The van der Waals surface area contributed by atoms with Crippen molar-refractivity contribution in [1.82, 2.24) is 0 Å². The van der Waals surface area contributed by atoms with Crippen molar-refractivity contribution < 1.29 is 9.47 Å². The van der Waals surface area contributed by atoms with Crippen LogP contribution in [0.5, 0.6) is 0 Å². The van der Waals surface area contributed by atoms with E-state index in [9.17, 15) is 0 Å². The van der Waals surface area contributed by atoms with Crippen LogP contribution in [0.15, 0.2) is 30.3 Å². The number of fused-ring (bicyclic) bond motifs is 1. The van der Waals surface area contributed by atoms with Crippen LogP contribution in [0.3, 0.4) is 0 Å². The Labute approximate surface area is 83.8 Å². The minimum Gasteiger partial charge on any atom is -0.371 e. The first-order valence-electron chi connectivity index (χ1n) is 5.24. The van der Waals surface area contributed by atoms with Gasteiger partial charge in [0.05, 0.1) is 18.8 Å². The molecular formula is C12H14O2. The predicted molar refractivity (Wildman–Crippen MR) is 52.9 cm³/mol. The van der Waals surface area contributed by atoms with E-state index >= 15 is 0 Å². The van der Waals surface area contributed by atoms with Gasteiger partial charge in [-0.15, -0.1) is 0 Å². The van der Waals surface area contributed by atoms with Gasteiger partial charge in [-0.05, 0) is 18.4 Å². The van der Waals surface area contributed by atoms with Crippen LogP contribution in [0.2, 0.25) is 0 Å². The van der Waals surface area contributed by atoms with E-state index in [0.29, 0.717) is 18.3 Å². The lowest BCUT2D eigenvalue weighted by Gasteiger charge is -2.11. The highest BCUT2D eigenvalue weighted by molar-refractivity contribution is 5.13. The maximum atomic E-state index is 5.82. The van der Waals surface area contributed by atoms with Crippen LogP contribution in [0.4, 0.5) is 0 Å². The van der Waals surface area contributed by atoms with Gasteiger partial charge in [-0.25, -0.2) is 0 Å². The van der Waals surface area contributed by atoms with Gasteiger partial charge in [0.15, 0.2) is 0 Å². The number of epoxide rings is 1. The molecule has 1 aromatic rings. The van der Waals surface area contributed by atoms with E-state index < -0.39 is 0 Å². The standard InChI is InChI=1S/C12H14O2/c1-2-4-9(5-3-1)8-13-10-6-7-11-12(10)14-11/h1-5,10-12H,6-8H2/t10?,11-,12-/m0/s1. The van der Waals surface area contributed by atoms with Crippen molar-refractivity contribution in [3.8, 4) is 0 Å². The lowest BCUT2D eigenvalue weighted by Crippen LogP contribution is -2.15. The summed E-state index contributed by atoms with van der Waals surface area (Å²) in [6.07, 6.45) is 3.64. The largest absolute Gasteiger partial charge is 0.371 e. The summed E-state index contributed by atoms with van der Waals surface area (Å²) >= 11 is 0. The van der Waals surface area contributed by atoms with E-state index in [4.69, 9.17) is 9.47 Å². The van der Waals surface area contributed by atoms with Crippen LogP contribution < -0.4 is 0 Å². The molecule has 74 valence electrons. The second kappa shape index (κ2) is 3.37. The summed E-state index contributed by atoms with van der Waals surface area (Å²) in [6, 6.07) is 10.3. The summed E-state index contributed by atoms with van der Waals surface area (Å²) < 4.78 is 11.2. The molecule has 0 bridgehead atoms. The van der Waals surface area contributed by atoms with Crippen molar-refractivity contribution >= 4 is 0 Å². The van der Waals surface area contributed by atoms with Gasteiger partial charge in [-0.3, -0.25) is 0 Å². The summed E-state index contributed by atoms with van der Waals surface area (Å²) in [7, 11) is 0. The van der Waals surface area contributed by atoms with Crippen molar-refractivity contribution in [1.29, 1.82) is 0 Å². The van der Waals surface area contributed by atoms with E-state index in [1.165, 1.54) is 18.4 Å². The molecule has 1 unspecified atom stereocenters. The molecule has 14 heavy (non-hydrogen) atoms. The lowest BCUT2D eigenvalue weighted by molar-refractivity contribution is 0.0160. The Kier molecular flexibility index (Phi) is 2.03. The summed E-state index contributed by atoms with van der Waals surface area (Å²) in [5.41, 5.74) is 1.25. The molecule has 0 radical (unpaired) electrons. The molecule has 2 heteroatoms. The van der Waals surface area contributed by atoms with Crippen molar-refractivity contribution in [2.45, 2.75) is 37.8 Å². The maximum Gasteiger partial charge on any atom is 0.110 e. The molecular weight excluding hydrogens is 176 g/mol. The summed E-state index contributed by atoms with van der Waals surface area (Å²) in [4.78, 5) is 0. The quantitative estimate of drug-likeness (QED) is 0.681. The fourth-order valence-corrected chi connectivity index (χ4v) is 2.16. The molecule has 0 spiro atoms. The van der Waals surface area contributed by atoms with E-state index in [1.54, 1.807) is 0 Å².